The first-order chi connectivity index (χ1) is 11.7. The van der Waals surface area contributed by atoms with E-state index in [-0.39, 0.29) is 24.6 Å². The molecule has 0 aliphatic carbocycles. The lowest BCUT2D eigenvalue weighted by Gasteiger charge is -2.10. The molecule has 0 heterocycles. The number of ether oxygens (including phenoxy) is 1. The molecule has 0 fully saturated rings. The molecule has 132 valence electrons. The highest BCUT2D eigenvalue weighted by Crippen LogP contribution is 2.32. The Morgan fingerprint density at radius 3 is 1.52 bits per heavy atom. The molecular formula is C16H14Br2N2O5. The Bertz CT molecular complexity index is 785. The van der Waals surface area contributed by atoms with Gasteiger partial charge in [-0.1, -0.05) is 31.9 Å². The lowest BCUT2D eigenvalue weighted by molar-refractivity contribution is -0.387. The topological polar surface area (TPSA) is 95.5 Å². The maximum atomic E-state index is 11.3. The molecule has 0 atom stereocenters. The number of nitro benzene ring substituents is 2. The second kappa shape index (κ2) is 8.03. The van der Waals surface area contributed by atoms with Crippen LogP contribution < -0.4 is 0 Å². The highest BCUT2D eigenvalue weighted by Gasteiger charge is 2.22. The Morgan fingerprint density at radius 1 is 0.840 bits per heavy atom. The van der Waals surface area contributed by atoms with Crippen LogP contribution in [0.15, 0.2) is 33.2 Å². The predicted octanol–water partition coefficient (Wildman–Crippen LogP) is 5.36. The van der Waals surface area contributed by atoms with Crippen LogP contribution in [0.1, 0.15) is 22.3 Å². The molecule has 25 heavy (non-hydrogen) atoms. The summed E-state index contributed by atoms with van der Waals surface area (Å²) in [5, 5.41) is 22.6. The minimum Gasteiger partial charge on any atom is -0.372 e. The third kappa shape index (κ3) is 4.23. The van der Waals surface area contributed by atoms with Crippen LogP contribution in [0.4, 0.5) is 11.4 Å². The zero-order chi connectivity index (χ0) is 18.7. The van der Waals surface area contributed by atoms with Crippen LogP contribution in [0.3, 0.4) is 0 Å². The molecule has 0 N–H and O–H groups in total. The molecule has 0 spiro atoms. The third-order valence-corrected chi connectivity index (χ3v) is 5.50. The Morgan fingerprint density at radius 2 is 1.20 bits per heavy atom. The van der Waals surface area contributed by atoms with Crippen LogP contribution in [-0.2, 0) is 18.0 Å². The average Bonchev–Trinajstić information content (AvgIpc) is 2.53. The van der Waals surface area contributed by atoms with Crippen LogP contribution in [-0.4, -0.2) is 9.85 Å². The van der Waals surface area contributed by atoms with Crippen molar-refractivity contribution in [2.24, 2.45) is 0 Å². The van der Waals surface area contributed by atoms with Gasteiger partial charge in [-0.2, -0.15) is 0 Å². The molecule has 0 amide bonds. The minimum absolute atomic E-state index is 0.0172. The molecule has 0 unspecified atom stereocenters. The second-order valence-corrected chi connectivity index (χ2v) is 7.08. The lowest BCUT2D eigenvalue weighted by atomic mass is 10.1. The molecule has 0 aliphatic rings. The van der Waals surface area contributed by atoms with E-state index in [0.29, 0.717) is 31.2 Å². The summed E-state index contributed by atoms with van der Waals surface area (Å²) in [6.45, 7) is 3.26. The van der Waals surface area contributed by atoms with E-state index in [9.17, 15) is 20.2 Å². The number of nitro groups is 2. The summed E-state index contributed by atoms with van der Waals surface area (Å²) in [5.74, 6) is 0. The molecule has 9 heteroatoms. The number of nitrogens with zero attached hydrogens (tertiary/aromatic N) is 2. The number of halogens is 2. The van der Waals surface area contributed by atoms with Crippen LogP contribution in [0.5, 0.6) is 0 Å². The highest BCUT2D eigenvalue weighted by atomic mass is 79.9. The van der Waals surface area contributed by atoms with Crippen LogP contribution in [0, 0.1) is 34.1 Å². The van der Waals surface area contributed by atoms with Crippen molar-refractivity contribution in [1.82, 2.24) is 0 Å². The summed E-state index contributed by atoms with van der Waals surface area (Å²) in [4.78, 5) is 21.7. The minimum atomic E-state index is -0.453. The summed E-state index contributed by atoms with van der Waals surface area (Å²) < 4.78 is 6.82. The fourth-order valence-electron chi connectivity index (χ4n) is 2.48. The fourth-order valence-corrected chi connectivity index (χ4v) is 3.12. The number of hydrogen-bond acceptors (Lipinski definition) is 5. The molecule has 7 nitrogen and oxygen atoms in total. The van der Waals surface area contributed by atoms with Crippen LogP contribution in [0.2, 0.25) is 0 Å². The van der Waals surface area contributed by atoms with E-state index in [1.807, 2.05) is 0 Å². The van der Waals surface area contributed by atoms with Crippen molar-refractivity contribution in [3.63, 3.8) is 0 Å². The van der Waals surface area contributed by atoms with Crippen molar-refractivity contribution in [2.75, 3.05) is 0 Å². The summed E-state index contributed by atoms with van der Waals surface area (Å²) in [7, 11) is 0. The van der Waals surface area contributed by atoms with Crippen molar-refractivity contribution in [1.29, 1.82) is 0 Å². The summed E-state index contributed by atoms with van der Waals surface area (Å²) in [6.07, 6.45) is 0. The van der Waals surface area contributed by atoms with E-state index in [1.54, 1.807) is 38.1 Å². The smallest absolute Gasteiger partial charge is 0.278 e. The van der Waals surface area contributed by atoms with Gasteiger partial charge in [0.15, 0.2) is 0 Å². The van der Waals surface area contributed by atoms with Crippen molar-refractivity contribution >= 4 is 43.2 Å². The van der Waals surface area contributed by atoms with Gasteiger partial charge < -0.3 is 4.74 Å². The lowest BCUT2D eigenvalue weighted by Crippen LogP contribution is -2.04. The number of rotatable bonds is 6. The Kier molecular flexibility index (Phi) is 6.26. The Labute approximate surface area is 160 Å². The monoisotopic (exact) mass is 472 g/mol. The van der Waals surface area contributed by atoms with Crippen LogP contribution >= 0.6 is 31.9 Å². The van der Waals surface area contributed by atoms with E-state index >= 15 is 0 Å². The van der Waals surface area contributed by atoms with Gasteiger partial charge in [-0.15, -0.1) is 0 Å². The zero-order valence-corrected chi connectivity index (χ0v) is 16.6. The first-order valence-electron chi connectivity index (χ1n) is 7.16. The summed E-state index contributed by atoms with van der Waals surface area (Å²) in [5.41, 5.74) is 1.82. The standard InChI is InChI=1S/C16H14Br2N2O5/c1-9-13(17)5-3-11(15(9)19(21)22)7-25-8-12-4-6-14(18)10(2)16(12)20(23)24/h3-6H,7-8H2,1-2H3. The predicted molar refractivity (Wildman–Crippen MR) is 99.6 cm³/mol. The number of benzene rings is 2. The molecule has 0 bridgehead atoms. The van der Waals surface area contributed by atoms with Gasteiger partial charge in [-0.25, -0.2) is 0 Å². The van der Waals surface area contributed by atoms with Gasteiger partial charge in [-0.05, 0) is 38.1 Å². The molecule has 0 saturated carbocycles. The van der Waals surface area contributed by atoms with E-state index in [2.05, 4.69) is 31.9 Å². The molecule has 2 rings (SSSR count). The highest BCUT2D eigenvalue weighted by molar-refractivity contribution is 9.10. The first kappa shape index (κ1) is 19.5. The van der Waals surface area contributed by atoms with Crippen molar-refractivity contribution in [3.05, 3.63) is 75.7 Å². The van der Waals surface area contributed by atoms with Crippen molar-refractivity contribution in [3.8, 4) is 0 Å². The molecule has 2 aromatic carbocycles. The Hall–Kier alpha value is -1.84. The average molecular weight is 474 g/mol. The van der Waals surface area contributed by atoms with Gasteiger partial charge in [-0.3, -0.25) is 20.2 Å². The third-order valence-electron chi connectivity index (χ3n) is 3.78. The molecule has 0 aromatic heterocycles. The zero-order valence-electron chi connectivity index (χ0n) is 13.4. The molecule has 0 saturated heterocycles. The summed E-state index contributed by atoms with van der Waals surface area (Å²) in [6, 6.07) is 6.65. The quantitative estimate of drug-likeness (QED) is 0.415. The van der Waals surface area contributed by atoms with E-state index in [4.69, 9.17) is 4.74 Å². The molecule has 0 radical (unpaired) electrons. The van der Waals surface area contributed by atoms with Crippen molar-refractivity contribution < 1.29 is 14.6 Å². The second-order valence-electron chi connectivity index (χ2n) is 5.37. The number of hydrogen-bond donors (Lipinski definition) is 0. The maximum Gasteiger partial charge on any atom is 0.278 e. The maximum absolute atomic E-state index is 11.3. The molecule has 0 aliphatic heterocycles. The van der Waals surface area contributed by atoms with Gasteiger partial charge in [0, 0.05) is 20.1 Å². The Balaban J connectivity index is 2.23. The summed E-state index contributed by atoms with van der Waals surface area (Å²) >= 11 is 6.54. The van der Waals surface area contributed by atoms with Crippen molar-refractivity contribution in [2.45, 2.75) is 27.1 Å². The molecule has 2 aromatic rings. The van der Waals surface area contributed by atoms with Gasteiger partial charge in [0.25, 0.3) is 11.4 Å². The normalized spacial score (nSPS) is 10.7. The first-order valence-corrected chi connectivity index (χ1v) is 8.75. The van der Waals surface area contributed by atoms with Gasteiger partial charge >= 0.3 is 0 Å². The van der Waals surface area contributed by atoms with Gasteiger partial charge in [0.05, 0.1) is 34.2 Å². The van der Waals surface area contributed by atoms with E-state index in [0.717, 1.165) is 0 Å². The van der Waals surface area contributed by atoms with E-state index in [1.165, 1.54) is 0 Å². The SMILES string of the molecule is Cc1c(Br)ccc(COCc2ccc(Br)c(C)c2[N+](=O)[O-])c1[N+](=O)[O-]. The van der Waals surface area contributed by atoms with E-state index < -0.39 is 9.85 Å². The molecular weight excluding hydrogens is 460 g/mol. The van der Waals surface area contributed by atoms with Crippen LogP contribution in [0.25, 0.3) is 0 Å². The van der Waals surface area contributed by atoms with Gasteiger partial charge in [0.1, 0.15) is 0 Å². The fraction of sp³-hybridized carbons (Fsp3) is 0.250. The van der Waals surface area contributed by atoms with Gasteiger partial charge in [0.2, 0.25) is 0 Å². The largest absolute Gasteiger partial charge is 0.372 e.